The highest BCUT2D eigenvalue weighted by molar-refractivity contribution is 7.21. The second-order valence-electron chi connectivity index (χ2n) is 5.13. The number of ether oxygens (including phenoxy) is 1. The summed E-state index contributed by atoms with van der Waals surface area (Å²) in [6, 6.07) is 7.88. The molecule has 1 fully saturated rings. The maximum Gasteiger partial charge on any atom is 0.266 e. The number of thiophene rings is 1. The normalized spacial score (nSPS) is 20.1. The van der Waals surface area contributed by atoms with Gasteiger partial charge in [0.05, 0.1) is 11.8 Å². The summed E-state index contributed by atoms with van der Waals surface area (Å²) in [7, 11) is 0. The van der Waals surface area contributed by atoms with Gasteiger partial charge in [-0.3, -0.25) is 4.79 Å². The van der Waals surface area contributed by atoms with Gasteiger partial charge in [0.25, 0.3) is 5.91 Å². The first-order chi connectivity index (χ1) is 9.66. The van der Waals surface area contributed by atoms with E-state index in [0.29, 0.717) is 23.7 Å². The molecule has 1 saturated heterocycles. The second-order valence-corrected chi connectivity index (χ2v) is 6.18. The lowest BCUT2D eigenvalue weighted by Gasteiger charge is -2.21. The lowest BCUT2D eigenvalue weighted by atomic mass is 10.2. The van der Waals surface area contributed by atoms with E-state index >= 15 is 0 Å². The van der Waals surface area contributed by atoms with E-state index in [-0.39, 0.29) is 12.0 Å². The fraction of sp³-hybridized carbons (Fsp3) is 0.400. The molecule has 1 aliphatic heterocycles. The lowest BCUT2D eigenvalue weighted by molar-refractivity contribution is 0.0566. The third-order valence-electron chi connectivity index (χ3n) is 3.57. The summed E-state index contributed by atoms with van der Waals surface area (Å²) in [6.45, 7) is 4.08. The number of fused-ring (bicyclic) bond motifs is 1. The SMILES string of the molecule is CC1CN(C(=O)c2sc3ccccc3c2N)CCCO1. The van der Waals surface area contributed by atoms with E-state index < -0.39 is 0 Å². The standard InChI is InChI=1S/C15H18N2O2S/c1-10-9-17(7-4-8-19-10)15(18)14-13(16)11-5-2-3-6-12(11)20-14/h2-3,5-6,10H,4,7-9,16H2,1H3. The summed E-state index contributed by atoms with van der Waals surface area (Å²) < 4.78 is 6.65. The molecule has 5 heteroatoms. The molecule has 0 radical (unpaired) electrons. The van der Waals surface area contributed by atoms with Crippen molar-refractivity contribution in [3.8, 4) is 0 Å². The first-order valence-corrected chi connectivity index (χ1v) is 7.66. The number of hydrogen-bond donors (Lipinski definition) is 1. The van der Waals surface area contributed by atoms with Gasteiger partial charge in [-0.05, 0) is 19.4 Å². The van der Waals surface area contributed by atoms with Crippen LogP contribution in [0.4, 0.5) is 5.69 Å². The summed E-state index contributed by atoms with van der Waals surface area (Å²) >= 11 is 1.48. The molecule has 3 rings (SSSR count). The van der Waals surface area contributed by atoms with Crippen LogP contribution in [-0.4, -0.2) is 36.6 Å². The molecule has 106 valence electrons. The van der Waals surface area contributed by atoms with Gasteiger partial charge in [0.15, 0.2) is 0 Å². The minimum Gasteiger partial charge on any atom is -0.397 e. The highest BCUT2D eigenvalue weighted by Crippen LogP contribution is 2.34. The third-order valence-corrected chi connectivity index (χ3v) is 4.74. The zero-order valence-corrected chi connectivity index (χ0v) is 12.3. The predicted molar refractivity (Wildman–Crippen MR) is 82.2 cm³/mol. The van der Waals surface area contributed by atoms with Gasteiger partial charge in [-0.2, -0.15) is 0 Å². The van der Waals surface area contributed by atoms with Gasteiger partial charge in [-0.25, -0.2) is 0 Å². The molecule has 4 nitrogen and oxygen atoms in total. The summed E-state index contributed by atoms with van der Waals surface area (Å²) in [5.41, 5.74) is 6.76. The molecular weight excluding hydrogens is 272 g/mol. The number of carbonyl (C=O) groups excluding carboxylic acids is 1. The van der Waals surface area contributed by atoms with Gasteiger partial charge in [0.1, 0.15) is 4.88 Å². The van der Waals surface area contributed by atoms with Crippen LogP contribution >= 0.6 is 11.3 Å². The van der Waals surface area contributed by atoms with Gasteiger partial charge in [0, 0.05) is 29.8 Å². The Hall–Kier alpha value is -1.59. The van der Waals surface area contributed by atoms with Crippen molar-refractivity contribution in [2.45, 2.75) is 19.4 Å². The van der Waals surface area contributed by atoms with Crippen molar-refractivity contribution in [1.29, 1.82) is 0 Å². The van der Waals surface area contributed by atoms with Crippen LogP contribution in [0.5, 0.6) is 0 Å². The van der Waals surface area contributed by atoms with E-state index in [1.54, 1.807) is 0 Å². The average molecular weight is 290 g/mol. The number of benzene rings is 1. The minimum absolute atomic E-state index is 0.0288. The van der Waals surface area contributed by atoms with Crippen molar-refractivity contribution >= 4 is 33.0 Å². The summed E-state index contributed by atoms with van der Waals surface area (Å²) in [4.78, 5) is 15.2. The second kappa shape index (κ2) is 5.42. The van der Waals surface area contributed by atoms with Crippen LogP contribution in [-0.2, 0) is 4.74 Å². The molecule has 0 bridgehead atoms. The number of anilines is 1. The van der Waals surface area contributed by atoms with Crippen molar-refractivity contribution in [2.75, 3.05) is 25.4 Å². The molecular formula is C15H18N2O2S. The number of amides is 1. The zero-order valence-electron chi connectivity index (χ0n) is 11.5. The Labute approximate surface area is 122 Å². The van der Waals surface area contributed by atoms with E-state index in [1.165, 1.54) is 11.3 Å². The quantitative estimate of drug-likeness (QED) is 0.878. The van der Waals surface area contributed by atoms with E-state index in [0.717, 1.165) is 23.1 Å². The molecule has 20 heavy (non-hydrogen) atoms. The number of nitrogen functional groups attached to an aromatic ring is 1. The maximum absolute atomic E-state index is 12.7. The van der Waals surface area contributed by atoms with E-state index in [9.17, 15) is 4.79 Å². The summed E-state index contributed by atoms with van der Waals surface area (Å²) in [5.74, 6) is 0.0288. The Morgan fingerprint density at radius 2 is 2.25 bits per heavy atom. The van der Waals surface area contributed by atoms with Crippen LogP contribution in [0.15, 0.2) is 24.3 Å². The largest absolute Gasteiger partial charge is 0.397 e. The Morgan fingerprint density at radius 3 is 3.05 bits per heavy atom. The maximum atomic E-state index is 12.7. The average Bonchev–Trinajstić information content (AvgIpc) is 2.64. The Bertz CT molecular complexity index is 638. The van der Waals surface area contributed by atoms with Gasteiger partial charge < -0.3 is 15.4 Å². The highest BCUT2D eigenvalue weighted by atomic mass is 32.1. The molecule has 0 aliphatic carbocycles. The third kappa shape index (κ3) is 2.39. The molecule has 0 saturated carbocycles. The molecule has 2 N–H and O–H groups in total. The molecule has 1 unspecified atom stereocenters. The first kappa shape index (κ1) is 13.4. The molecule has 1 atom stereocenters. The number of hydrogen-bond acceptors (Lipinski definition) is 4. The van der Waals surface area contributed by atoms with E-state index in [2.05, 4.69) is 0 Å². The molecule has 2 aromatic rings. The smallest absolute Gasteiger partial charge is 0.266 e. The molecule has 0 spiro atoms. The number of rotatable bonds is 1. The monoisotopic (exact) mass is 290 g/mol. The molecule has 1 aromatic carbocycles. The van der Waals surface area contributed by atoms with Gasteiger partial charge in [0.2, 0.25) is 0 Å². The van der Waals surface area contributed by atoms with Crippen LogP contribution < -0.4 is 5.73 Å². The fourth-order valence-corrected chi connectivity index (χ4v) is 3.64. The zero-order chi connectivity index (χ0) is 14.1. The molecule has 1 aliphatic rings. The minimum atomic E-state index is 0.0288. The van der Waals surface area contributed by atoms with E-state index in [1.807, 2.05) is 36.1 Å². The van der Waals surface area contributed by atoms with Crippen molar-refractivity contribution in [3.05, 3.63) is 29.1 Å². The van der Waals surface area contributed by atoms with Crippen LogP contribution in [0.3, 0.4) is 0 Å². The first-order valence-electron chi connectivity index (χ1n) is 6.84. The van der Waals surface area contributed by atoms with E-state index in [4.69, 9.17) is 10.5 Å². The number of carbonyl (C=O) groups is 1. The number of nitrogens with zero attached hydrogens (tertiary/aromatic N) is 1. The Kier molecular flexibility index (Phi) is 3.63. The van der Waals surface area contributed by atoms with Crippen molar-refractivity contribution in [1.82, 2.24) is 4.90 Å². The van der Waals surface area contributed by atoms with Gasteiger partial charge in [-0.1, -0.05) is 18.2 Å². The Morgan fingerprint density at radius 1 is 1.45 bits per heavy atom. The van der Waals surface area contributed by atoms with Gasteiger partial charge >= 0.3 is 0 Å². The predicted octanol–water partition coefficient (Wildman–Crippen LogP) is 2.73. The van der Waals surface area contributed by atoms with Crippen molar-refractivity contribution in [2.24, 2.45) is 0 Å². The van der Waals surface area contributed by atoms with Gasteiger partial charge in [-0.15, -0.1) is 11.3 Å². The van der Waals surface area contributed by atoms with Crippen LogP contribution in [0.1, 0.15) is 23.0 Å². The van der Waals surface area contributed by atoms with Crippen molar-refractivity contribution < 1.29 is 9.53 Å². The Balaban J connectivity index is 1.93. The lowest BCUT2D eigenvalue weighted by Crippen LogP contribution is -2.35. The summed E-state index contributed by atoms with van der Waals surface area (Å²) in [5, 5.41) is 0.972. The summed E-state index contributed by atoms with van der Waals surface area (Å²) in [6.07, 6.45) is 0.956. The topological polar surface area (TPSA) is 55.6 Å². The molecule has 1 amide bonds. The number of nitrogens with two attached hydrogens (primary N) is 1. The van der Waals surface area contributed by atoms with Crippen LogP contribution in [0.25, 0.3) is 10.1 Å². The molecule has 2 heterocycles. The fourth-order valence-electron chi connectivity index (χ4n) is 2.55. The van der Waals surface area contributed by atoms with Crippen LogP contribution in [0.2, 0.25) is 0 Å². The van der Waals surface area contributed by atoms with Crippen molar-refractivity contribution in [3.63, 3.8) is 0 Å². The highest BCUT2D eigenvalue weighted by Gasteiger charge is 2.24. The van der Waals surface area contributed by atoms with Crippen LogP contribution in [0, 0.1) is 0 Å². The molecule has 1 aromatic heterocycles.